The highest BCUT2D eigenvalue weighted by Crippen LogP contribution is 2.22. The monoisotopic (exact) mass is 337 g/mol. The zero-order valence-corrected chi connectivity index (χ0v) is 13.9. The number of piperazine rings is 1. The van der Waals surface area contributed by atoms with Gasteiger partial charge in [-0.15, -0.1) is 0 Å². The first-order chi connectivity index (χ1) is 12.3. The van der Waals surface area contributed by atoms with E-state index < -0.39 is 0 Å². The van der Waals surface area contributed by atoms with Crippen LogP contribution >= 0.6 is 0 Å². The quantitative estimate of drug-likeness (QED) is 0.734. The van der Waals surface area contributed by atoms with Crippen LogP contribution in [0.2, 0.25) is 0 Å². The Morgan fingerprint density at radius 2 is 1.68 bits per heavy atom. The molecule has 3 aromatic rings. The molecule has 0 amide bonds. The molecule has 6 heteroatoms. The number of halogens is 1. The second-order valence-electron chi connectivity index (χ2n) is 6.13. The van der Waals surface area contributed by atoms with E-state index in [-0.39, 0.29) is 5.82 Å². The first kappa shape index (κ1) is 15.8. The Bertz CT molecular complexity index is 825. The third-order valence-corrected chi connectivity index (χ3v) is 4.50. The molecule has 0 bridgehead atoms. The van der Waals surface area contributed by atoms with Gasteiger partial charge < -0.3 is 4.90 Å². The lowest BCUT2D eigenvalue weighted by Crippen LogP contribution is -2.46. The van der Waals surface area contributed by atoms with Crippen molar-refractivity contribution in [2.24, 2.45) is 0 Å². The lowest BCUT2D eigenvalue weighted by molar-refractivity contribution is 0.246. The Morgan fingerprint density at radius 3 is 2.44 bits per heavy atom. The van der Waals surface area contributed by atoms with E-state index in [4.69, 9.17) is 0 Å². The molecule has 0 N–H and O–H groups in total. The summed E-state index contributed by atoms with van der Waals surface area (Å²) < 4.78 is 15.9. The summed E-state index contributed by atoms with van der Waals surface area (Å²) in [5.74, 6) is 0.554. The van der Waals surface area contributed by atoms with E-state index in [1.54, 1.807) is 18.3 Å². The Balaban J connectivity index is 1.45. The van der Waals surface area contributed by atoms with Gasteiger partial charge >= 0.3 is 0 Å². The molecule has 0 aliphatic carbocycles. The van der Waals surface area contributed by atoms with Crippen LogP contribution in [0.3, 0.4) is 0 Å². The lowest BCUT2D eigenvalue weighted by atomic mass is 10.2. The van der Waals surface area contributed by atoms with Crippen molar-refractivity contribution in [2.75, 3.05) is 31.1 Å². The summed E-state index contributed by atoms with van der Waals surface area (Å²) in [5.41, 5.74) is 1.62. The molecule has 4 rings (SSSR count). The topological polar surface area (TPSA) is 37.2 Å². The molecule has 0 spiro atoms. The van der Waals surface area contributed by atoms with Crippen LogP contribution in [0.25, 0.3) is 5.69 Å². The fourth-order valence-corrected chi connectivity index (χ4v) is 3.19. The molecule has 1 aliphatic heterocycles. The van der Waals surface area contributed by atoms with Gasteiger partial charge in [-0.2, -0.15) is 0 Å². The van der Waals surface area contributed by atoms with Gasteiger partial charge in [0.15, 0.2) is 0 Å². The average molecular weight is 337 g/mol. The van der Waals surface area contributed by atoms with E-state index in [0.717, 1.165) is 44.4 Å². The summed E-state index contributed by atoms with van der Waals surface area (Å²) in [6.45, 7) is 4.44. The first-order valence-electron chi connectivity index (χ1n) is 8.47. The van der Waals surface area contributed by atoms with Gasteiger partial charge in [-0.05, 0) is 24.3 Å². The Labute approximate surface area is 146 Å². The van der Waals surface area contributed by atoms with Crippen molar-refractivity contribution >= 4 is 5.95 Å². The molecular weight excluding hydrogens is 317 g/mol. The normalized spacial score (nSPS) is 15.5. The number of benzene rings is 1. The Morgan fingerprint density at radius 1 is 0.880 bits per heavy atom. The highest BCUT2D eigenvalue weighted by Gasteiger charge is 2.21. The summed E-state index contributed by atoms with van der Waals surface area (Å²) in [7, 11) is 0. The van der Waals surface area contributed by atoms with Crippen molar-refractivity contribution in [3.05, 3.63) is 72.6 Å². The summed E-state index contributed by atoms with van der Waals surface area (Å²) in [6, 6.07) is 12.8. The van der Waals surface area contributed by atoms with Gasteiger partial charge in [0.25, 0.3) is 0 Å². The van der Waals surface area contributed by atoms with Gasteiger partial charge in [0.2, 0.25) is 5.95 Å². The van der Waals surface area contributed by atoms with Crippen molar-refractivity contribution in [1.82, 2.24) is 19.4 Å². The van der Waals surface area contributed by atoms with Crippen LogP contribution < -0.4 is 4.90 Å². The van der Waals surface area contributed by atoms with Crippen molar-refractivity contribution in [2.45, 2.75) is 6.54 Å². The fourth-order valence-electron chi connectivity index (χ4n) is 3.19. The number of anilines is 1. The van der Waals surface area contributed by atoms with Gasteiger partial charge in [0.05, 0.1) is 11.4 Å². The highest BCUT2D eigenvalue weighted by molar-refractivity contribution is 5.44. The van der Waals surface area contributed by atoms with Crippen LogP contribution in [-0.4, -0.2) is 45.6 Å². The molecule has 1 saturated heterocycles. The number of para-hydroxylation sites is 1. The zero-order chi connectivity index (χ0) is 17.1. The van der Waals surface area contributed by atoms with E-state index in [9.17, 15) is 4.39 Å². The molecule has 1 fully saturated rings. The Kier molecular flexibility index (Phi) is 4.43. The second-order valence-corrected chi connectivity index (χ2v) is 6.13. The molecule has 25 heavy (non-hydrogen) atoms. The maximum Gasteiger partial charge on any atom is 0.210 e. The van der Waals surface area contributed by atoms with E-state index in [2.05, 4.69) is 25.8 Å². The molecule has 0 radical (unpaired) electrons. The second kappa shape index (κ2) is 7.03. The third kappa shape index (κ3) is 3.39. The highest BCUT2D eigenvalue weighted by atomic mass is 19.1. The minimum atomic E-state index is -0.240. The number of rotatable bonds is 4. The number of nitrogens with zero attached hydrogens (tertiary/aromatic N) is 5. The lowest BCUT2D eigenvalue weighted by Gasteiger charge is -2.35. The number of hydrogen-bond donors (Lipinski definition) is 0. The molecule has 0 saturated carbocycles. The predicted molar refractivity (Wildman–Crippen MR) is 95.2 cm³/mol. The number of hydrogen-bond acceptors (Lipinski definition) is 4. The van der Waals surface area contributed by atoms with Crippen molar-refractivity contribution in [3.63, 3.8) is 0 Å². The molecule has 1 aliphatic rings. The van der Waals surface area contributed by atoms with Gasteiger partial charge in [-0.3, -0.25) is 14.5 Å². The maximum atomic E-state index is 14.1. The van der Waals surface area contributed by atoms with Crippen LogP contribution in [0.4, 0.5) is 10.3 Å². The molecule has 2 aromatic heterocycles. The van der Waals surface area contributed by atoms with Crippen LogP contribution in [0.1, 0.15) is 5.69 Å². The summed E-state index contributed by atoms with van der Waals surface area (Å²) in [4.78, 5) is 13.4. The van der Waals surface area contributed by atoms with Crippen LogP contribution in [0.15, 0.2) is 61.1 Å². The van der Waals surface area contributed by atoms with E-state index >= 15 is 0 Å². The standard InChI is InChI=1S/C19H20FN5/c20-17-6-1-2-7-18(17)25-10-9-22-19(25)24-13-11-23(12-14-24)15-16-5-3-4-8-21-16/h1-10H,11-15H2. The molecule has 5 nitrogen and oxygen atoms in total. The molecule has 1 aromatic carbocycles. The number of imidazole rings is 1. The van der Waals surface area contributed by atoms with E-state index in [1.807, 2.05) is 35.2 Å². The minimum absolute atomic E-state index is 0.240. The molecule has 128 valence electrons. The maximum absolute atomic E-state index is 14.1. The zero-order valence-electron chi connectivity index (χ0n) is 13.9. The van der Waals surface area contributed by atoms with Gasteiger partial charge in [-0.25, -0.2) is 9.37 Å². The number of aromatic nitrogens is 3. The van der Waals surface area contributed by atoms with Crippen molar-refractivity contribution in [1.29, 1.82) is 0 Å². The molecule has 0 atom stereocenters. The number of pyridine rings is 1. The van der Waals surface area contributed by atoms with Crippen molar-refractivity contribution in [3.8, 4) is 5.69 Å². The van der Waals surface area contributed by atoms with Crippen LogP contribution in [0.5, 0.6) is 0 Å². The average Bonchev–Trinajstić information content (AvgIpc) is 3.13. The van der Waals surface area contributed by atoms with Crippen molar-refractivity contribution < 1.29 is 4.39 Å². The van der Waals surface area contributed by atoms with E-state index in [0.29, 0.717) is 5.69 Å². The summed E-state index contributed by atoms with van der Waals surface area (Å²) in [5, 5.41) is 0. The summed E-state index contributed by atoms with van der Waals surface area (Å²) in [6.07, 6.45) is 5.37. The molecule has 3 heterocycles. The van der Waals surface area contributed by atoms with E-state index in [1.165, 1.54) is 6.07 Å². The Hall–Kier alpha value is -2.73. The third-order valence-electron chi connectivity index (χ3n) is 4.50. The largest absolute Gasteiger partial charge is 0.339 e. The SMILES string of the molecule is Fc1ccccc1-n1ccnc1N1CCN(Cc2ccccn2)CC1. The first-order valence-corrected chi connectivity index (χ1v) is 8.47. The minimum Gasteiger partial charge on any atom is -0.339 e. The predicted octanol–water partition coefficient (Wildman–Crippen LogP) is 2.73. The van der Waals surface area contributed by atoms with Crippen LogP contribution in [0, 0.1) is 5.82 Å². The van der Waals surface area contributed by atoms with Gasteiger partial charge in [0, 0.05) is 51.3 Å². The van der Waals surface area contributed by atoms with Gasteiger partial charge in [0.1, 0.15) is 5.82 Å². The smallest absolute Gasteiger partial charge is 0.210 e. The summed E-state index contributed by atoms with van der Waals surface area (Å²) >= 11 is 0. The molecule has 0 unspecified atom stereocenters. The fraction of sp³-hybridized carbons (Fsp3) is 0.263. The van der Waals surface area contributed by atoms with Crippen LogP contribution in [-0.2, 0) is 6.54 Å². The van der Waals surface area contributed by atoms with Gasteiger partial charge in [-0.1, -0.05) is 18.2 Å². The molecular formula is C19H20FN5.